The van der Waals surface area contributed by atoms with Crippen molar-refractivity contribution in [1.82, 2.24) is 4.90 Å². The van der Waals surface area contributed by atoms with Crippen molar-refractivity contribution in [3.8, 4) is 0 Å². The number of hydrogen-bond acceptors (Lipinski definition) is 3. The van der Waals surface area contributed by atoms with Crippen molar-refractivity contribution in [2.24, 2.45) is 5.73 Å². The van der Waals surface area contributed by atoms with Gasteiger partial charge in [-0.2, -0.15) is 0 Å². The highest BCUT2D eigenvalue weighted by molar-refractivity contribution is 9.13. The Hall–Kier alpha value is 0.160. The van der Waals surface area contributed by atoms with E-state index < -0.39 is 0 Å². The van der Waals surface area contributed by atoms with Gasteiger partial charge in [-0.15, -0.1) is 0 Å². The van der Waals surface area contributed by atoms with Gasteiger partial charge in [-0.05, 0) is 57.3 Å². The van der Waals surface area contributed by atoms with Gasteiger partial charge >= 0.3 is 0 Å². The van der Waals surface area contributed by atoms with Gasteiger partial charge in [0.25, 0.3) is 0 Å². The number of halogens is 2. The Balaban J connectivity index is 2.17. The molecule has 0 saturated heterocycles. The molecule has 1 aliphatic rings. The molecule has 1 aromatic rings. The van der Waals surface area contributed by atoms with E-state index in [1.165, 1.54) is 32.1 Å². The molecule has 0 aliphatic heterocycles. The number of furan rings is 1. The first-order valence-electron chi connectivity index (χ1n) is 7.07. The fourth-order valence-corrected chi connectivity index (χ4v) is 3.70. The predicted octanol–water partition coefficient (Wildman–Crippen LogP) is 4.46. The lowest BCUT2D eigenvalue weighted by atomic mass is 9.93. The Kier molecular flexibility index (Phi) is 5.93. The Labute approximate surface area is 132 Å². The van der Waals surface area contributed by atoms with E-state index in [9.17, 15) is 0 Å². The summed E-state index contributed by atoms with van der Waals surface area (Å²) < 4.78 is 7.50. The third-order valence-electron chi connectivity index (χ3n) is 4.03. The molecule has 0 aromatic carbocycles. The van der Waals surface area contributed by atoms with Crippen LogP contribution >= 0.6 is 31.9 Å². The second kappa shape index (κ2) is 7.25. The lowest BCUT2D eigenvalue weighted by Crippen LogP contribution is -2.42. The lowest BCUT2D eigenvalue weighted by Gasteiger charge is -2.38. The molecule has 19 heavy (non-hydrogen) atoms. The number of nitrogens with two attached hydrogens (primary N) is 1. The van der Waals surface area contributed by atoms with Crippen molar-refractivity contribution in [2.45, 2.75) is 51.1 Å². The number of rotatable bonds is 5. The highest BCUT2D eigenvalue weighted by Crippen LogP contribution is 2.34. The molecule has 1 aromatic heterocycles. The summed E-state index contributed by atoms with van der Waals surface area (Å²) in [4.78, 5) is 2.51. The van der Waals surface area contributed by atoms with Gasteiger partial charge < -0.3 is 10.2 Å². The SMILES string of the molecule is CCN(C1CCCCC1)C(CN)c1cc(Br)c(Br)o1. The lowest BCUT2D eigenvalue weighted by molar-refractivity contribution is 0.100. The van der Waals surface area contributed by atoms with E-state index in [1.54, 1.807) is 0 Å². The minimum atomic E-state index is 0.177. The number of hydrogen-bond donors (Lipinski definition) is 1. The third kappa shape index (κ3) is 3.63. The van der Waals surface area contributed by atoms with Crippen molar-refractivity contribution >= 4 is 31.9 Å². The maximum absolute atomic E-state index is 6.01. The largest absolute Gasteiger partial charge is 0.451 e. The molecule has 3 nitrogen and oxygen atoms in total. The fraction of sp³-hybridized carbons (Fsp3) is 0.714. The molecule has 2 rings (SSSR count). The molecule has 0 bridgehead atoms. The summed E-state index contributed by atoms with van der Waals surface area (Å²) in [6.07, 6.45) is 6.62. The van der Waals surface area contributed by atoms with Crippen molar-refractivity contribution in [3.63, 3.8) is 0 Å². The Bertz CT molecular complexity index is 383. The summed E-state index contributed by atoms with van der Waals surface area (Å²) in [5, 5.41) is 0. The molecule has 0 amide bonds. The predicted molar refractivity (Wildman–Crippen MR) is 85.2 cm³/mol. The first-order valence-corrected chi connectivity index (χ1v) is 8.66. The van der Waals surface area contributed by atoms with Gasteiger partial charge in [-0.3, -0.25) is 4.90 Å². The van der Waals surface area contributed by atoms with E-state index in [2.05, 4.69) is 43.7 Å². The molecule has 1 unspecified atom stereocenters. The summed E-state index contributed by atoms with van der Waals surface area (Å²) in [6, 6.07) is 2.86. The van der Waals surface area contributed by atoms with Crippen LogP contribution in [0.5, 0.6) is 0 Å². The van der Waals surface area contributed by atoms with Crippen LogP contribution in [0.1, 0.15) is 50.8 Å². The molecule has 1 heterocycles. The van der Waals surface area contributed by atoms with Crippen molar-refractivity contribution in [2.75, 3.05) is 13.1 Å². The standard InChI is InChI=1S/C14H22Br2N2O/c1-2-18(10-6-4-3-5-7-10)12(9-17)13-8-11(15)14(16)19-13/h8,10,12H,2-7,9,17H2,1H3. The Morgan fingerprint density at radius 1 is 1.37 bits per heavy atom. The van der Waals surface area contributed by atoms with Crippen LogP contribution in [0, 0.1) is 0 Å². The Morgan fingerprint density at radius 2 is 2.05 bits per heavy atom. The zero-order valence-corrected chi connectivity index (χ0v) is 14.5. The van der Waals surface area contributed by atoms with Crippen LogP contribution in [-0.2, 0) is 0 Å². The topological polar surface area (TPSA) is 42.4 Å². The zero-order valence-electron chi connectivity index (χ0n) is 11.4. The molecule has 1 fully saturated rings. The zero-order chi connectivity index (χ0) is 13.8. The Morgan fingerprint density at radius 3 is 2.53 bits per heavy atom. The average Bonchev–Trinajstić information content (AvgIpc) is 2.76. The van der Waals surface area contributed by atoms with Gasteiger partial charge in [0, 0.05) is 12.6 Å². The highest BCUT2D eigenvalue weighted by atomic mass is 79.9. The monoisotopic (exact) mass is 392 g/mol. The maximum atomic E-state index is 6.01. The van der Waals surface area contributed by atoms with Crippen LogP contribution in [0.25, 0.3) is 0 Å². The van der Waals surface area contributed by atoms with E-state index in [-0.39, 0.29) is 6.04 Å². The average molecular weight is 394 g/mol. The van der Waals surface area contributed by atoms with Crippen molar-refractivity contribution in [3.05, 3.63) is 21.0 Å². The molecule has 1 atom stereocenters. The molecule has 1 aliphatic carbocycles. The smallest absolute Gasteiger partial charge is 0.183 e. The van der Waals surface area contributed by atoms with Gasteiger partial charge in [-0.1, -0.05) is 26.2 Å². The summed E-state index contributed by atoms with van der Waals surface area (Å²) in [5.41, 5.74) is 6.01. The second-order valence-electron chi connectivity index (χ2n) is 5.14. The van der Waals surface area contributed by atoms with Gasteiger partial charge in [-0.25, -0.2) is 0 Å². The molecule has 0 spiro atoms. The minimum Gasteiger partial charge on any atom is -0.451 e. The van der Waals surface area contributed by atoms with E-state index >= 15 is 0 Å². The van der Waals surface area contributed by atoms with Gasteiger partial charge in [0.1, 0.15) is 5.76 Å². The van der Waals surface area contributed by atoms with Crippen LogP contribution < -0.4 is 5.73 Å². The molecular weight excluding hydrogens is 372 g/mol. The first kappa shape index (κ1) is 15.5. The second-order valence-corrected chi connectivity index (χ2v) is 6.72. The highest BCUT2D eigenvalue weighted by Gasteiger charge is 2.29. The van der Waals surface area contributed by atoms with Gasteiger partial charge in [0.05, 0.1) is 10.5 Å². The van der Waals surface area contributed by atoms with Crippen LogP contribution in [0.15, 0.2) is 19.6 Å². The molecule has 5 heteroatoms. The van der Waals surface area contributed by atoms with Gasteiger partial charge in [0.2, 0.25) is 0 Å². The van der Waals surface area contributed by atoms with E-state index in [1.807, 2.05) is 6.07 Å². The summed E-state index contributed by atoms with van der Waals surface area (Å²) in [7, 11) is 0. The molecule has 0 radical (unpaired) electrons. The van der Waals surface area contributed by atoms with Crippen molar-refractivity contribution < 1.29 is 4.42 Å². The maximum Gasteiger partial charge on any atom is 0.183 e. The summed E-state index contributed by atoms with van der Waals surface area (Å²) in [5.74, 6) is 0.952. The molecule has 108 valence electrons. The number of likely N-dealkylation sites (N-methyl/N-ethyl adjacent to an activating group) is 1. The first-order chi connectivity index (χ1) is 9.17. The van der Waals surface area contributed by atoms with Crippen LogP contribution in [0.2, 0.25) is 0 Å². The normalized spacial score (nSPS) is 19.0. The quantitative estimate of drug-likeness (QED) is 0.802. The molecule has 1 saturated carbocycles. The number of nitrogens with zero attached hydrogens (tertiary/aromatic N) is 1. The van der Waals surface area contributed by atoms with Crippen LogP contribution in [0.4, 0.5) is 0 Å². The van der Waals surface area contributed by atoms with Gasteiger partial charge in [0.15, 0.2) is 4.67 Å². The summed E-state index contributed by atoms with van der Waals surface area (Å²) >= 11 is 6.89. The minimum absolute atomic E-state index is 0.177. The fourth-order valence-electron chi connectivity index (χ4n) is 3.09. The van der Waals surface area contributed by atoms with E-state index in [0.717, 1.165) is 21.4 Å². The third-order valence-corrected chi connectivity index (χ3v) is 5.74. The van der Waals surface area contributed by atoms with E-state index in [0.29, 0.717) is 12.6 Å². The van der Waals surface area contributed by atoms with Crippen LogP contribution in [-0.4, -0.2) is 24.0 Å². The molecule has 2 N–H and O–H groups in total. The van der Waals surface area contributed by atoms with E-state index in [4.69, 9.17) is 10.2 Å². The van der Waals surface area contributed by atoms with Crippen molar-refractivity contribution in [1.29, 1.82) is 0 Å². The van der Waals surface area contributed by atoms with Crippen LogP contribution in [0.3, 0.4) is 0 Å². The molecular formula is C14H22Br2N2O. The summed E-state index contributed by atoms with van der Waals surface area (Å²) in [6.45, 7) is 3.82.